The molecule has 11 nitrogen and oxygen atoms in total. The highest BCUT2D eigenvalue weighted by atomic mass is 19.1. The Labute approximate surface area is 220 Å². The molecule has 1 saturated carbocycles. The second-order valence-corrected chi connectivity index (χ2v) is 9.46. The zero-order valence-corrected chi connectivity index (χ0v) is 21.5. The number of methoxy groups -OCH3 is 1. The molecule has 1 atom stereocenters. The molecule has 204 valence electrons. The summed E-state index contributed by atoms with van der Waals surface area (Å²) in [6.45, 7) is 2.03. The molecule has 0 bridgehead atoms. The number of aliphatic hydroxyl groups excluding tert-OH is 1. The van der Waals surface area contributed by atoms with Crippen molar-refractivity contribution in [2.24, 2.45) is 11.1 Å². The van der Waals surface area contributed by atoms with E-state index in [0.717, 1.165) is 25.7 Å². The van der Waals surface area contributed by atoms with Gasteiger partial charge in [-0.05, 0) is 62.3 Å². The number of oxime groups is 1. The van der Waals surface area contributed by atoms with E-state index in [1.807, 2.05) is 0 Å². The molecular formula is C26H33FN6O5. The normalized spacial score (nSPS) is 20.7. The number of aryl methyl sites for hydroxylation is 1. The maximum absolute atomic E-state index is 13.6. The second kappa shape index (κ2) is 12.6. The van der Waals surface area contributed by atoms with Gasteiger partial charge in [-0.25, -0.2) is 19.2 Å². The number of ether oxygens (including phenoxy) is 1. The summed E-state index contributed by atoms with van der Waals surface area (Å²) in [5, 5.41) is 21.4. The Morgan fingerprint density at radius 3 is 2.68 bits per heavy atom. The van der Waals surface area contributed by atoms with E-state index in [2.05, 4.69) is 31.1 Å². The molecule has 1 aliphatic carbocycles. The first kappa shape index (κ1) is 27.2. The molecule has 2 aromatic rings. The van der Waals surface area contributed by atoms with Gasteiger partial charge in [0.1, 0.15) is 23.3 Å². The lowest BCUT2D eigenvalue weighted by Crippen LogP contribution is -2.45. The van der Waals surface area contributed by atoms with Crippen molar-refractivity contribution in [3.05, 3.63) is 52.9 Å². The fourth-order valence-corrected chi connectivity index (χ4v) is 4.76. The molecule has 2 aliphatic rings. The number of aliphatic hydroxyl groups is 1. The molecule has 0 spiro atoms. The van der Waals surface area contributed by atoms with Gasteiger partial charge < -0.3 is 30.6 Å². The Balaban J connectivity index is 1.31. The molecule has 3 amide bonds. The molecule has 1 aromatic heterocycles. The number of carbonyl (C=O) groups is 2. The van der Waals surface area contributed by atoms with Crippen molar-refractivity contribution in [3.8, 4) is 5.75 Å². The number of nitrogens with zero attached hydrogens (tertiary/aromatic N) is 3. The van der Waals surface area contributed by atoms with E-state index in [1.165, 1.54) is 19.2 Å². The third-order valence-corrected chi connectivity index (χ3v) is 6.76. The molecule has 4 rings (SSSR count). The Morgan fingerprint density at radius 1 is 1.16 bits per heavy atom. The van der Waals surface area contributed by atoms with E-state index in [0.29, 0.717) is 35.1 Å². The van der Waals surface area contributed by atoms with Gasteiger partial charge in [-0.2, -0.15) is 0 Å². The van der Waals surface area contributed by atoms with Crippen molar-refractivity contribution in [2.75, 3.05) is 20.3 Å². The van der Waals surface area contributed by atoms with Crippen LogP contribution in [0.2, 0.25) is 0 Å². The van der Waals surface area contributed by atoms with Crippen LogP contribution in [0.25, 0.3) is 0 Å². The Kier molecular flexibility index (Phi) is 9.06. The highest BCUT2D eigenvalue weighted by molar-refractivity contribution is 6.01. The van der Waals surface area contributed by atoms with E-state index in [1.54, 1.807) is 19.1 Å². The molecule has 1 fully saturated rings. The van der Waals surface area contributed by atoms with Gasteiger partial charge in [0.2, 0.25) is 0 Å². The highest BCUT2D eigenvalue weighted by Gasteiger charge is 2.34. The van der Waals surface area contributed by atoms with Crippen LogP contribution in [-0.4, -0.2) is 65.1 Å². The number of amides is 3. The van der Waals surface area contributed by atoms with Crippen LogP contribution in [0.15, 0.2) is 29.4 Å². The topological polar surface area (TPSA) is 147 Å². The molecule has 38 heavy (non-hydrogen) atoms. The number of nitrogens with one attached hydrogen (secondary N) is 3. The first-order chi connectivity index (χ1) is 18.4. The van der Waals surface area contributed by atoms with Crippen LogP contribution in [-0.2, 0) is 11.4 Å². The van der Waals surface area contributed by atoms with E-state index in [-0.39, 0.29) is 55.2 Å². The minimum atomic E-state index is -0.470. The van der Waals surface area contributed by atoms with Crippen molar-refractivity contribution in [2.45, 2.75) is 57.7 Å². The first-order valence-electron chi connectivity index (χ1n) is 12.7. The second-order valence-electron chi connectivity index (χ2n) is 9.46. The third-order valence-electron chi connectivity index (χ3n) is 6.76. The molecule has 0 saturated heterocycles. The monoisotopic (exact) mass is 528 g/mol. The van der Waals surface area contributed by atoms with Gasteiger partial charge in [-0.1, -0.05) is 11.2 Å². The minimum Gasteiger partial charge on any atom is -0.494 e. The van der Waals surface area contributed by atoms with E-state index >= 15 is 0 Å². The summed E-state index contributed by atoms with van der Waals surface area (Å²) in [5.74, 6) is -0.00617. The summed E-state index contributed by atoms with van der Waals surface area (Å²) < 4.78 is 18.6. The number of rotatable bonds is 9. The average Bonchev–Trinajstić information content (AvgIpc) is 3.42. The van der Waals surface area contributed by atoms with Crippen LogP contribution in [0.4, 0.5) is 9.18 Å². The Hall–Kier alpha value is -3.80. The molecule has 1 unspecified atom stereocenters. The number of hydrogen-bond acceptors (Lipinski definition) is 8. The quantitative estimate of drug-likeness (QED) is 0.390. The molecule has 1 aliphatic heterocycles. The van der Waals surface area contributed by atoms with Crippen LogP contribution in [0, 0.1) is 18.7 Å². The molecule has 0 radical (unpaired) electrons. The summed E-state index contributed by atoms with van der Waals surface area (Å²) in [5.41, 5.74) is 2.11. The summed E-state index contributed by atoms with van der Waals surface area (Å²) in [6.07, 6.45) is 3.95. The van der Waals surface area contributed by atoms with Gasteiger partial charge in [0.05, 0.1) is 19.4 Å². The largest absolute Gasteiger partial charge is 0.494 e. The Bertz CT molecular complexity index is 1180. The van der Waals surface area contributed by atoms with Gasteiger partial charge >= 0.3 is 6.03 Å². The lowest BCUT2D eigenvalue weighted by molar-refractivity contribution is 0.0238. The van der Waals surface area contributed by atoms with Crippen LogP contribution >= 0.6 is 0 Å². The van der Waals surface area contributed by atoms with Gasteiger partial charge in [0, 0.05) is 25.6 Å². The molecule has 12 heteroatoms. The lowest BCUT2D eigenvalue weighted by Gasteiger charge is -2.31. The number of halogens is 1. The van der Waals surface area contributed by atoms with E-state index in [4.69, 9.17) is 14.7 Å². The number of urea groups is 1. The summed E-state index contributed by atoms with van der Waals surface area (Å²) in [4.78, 5) is 39.1. The van der Waals surface area contributed by atoms with Crippen LogP contribution in [0.1, 0.15) is 59.7 Å². The van der Waals surface area contributed by atoms with Crippen molar-refractivity contribution < 1.29 is 28.7 Å². The molecule has 1 aromatic carbocycles. The van der Waals surface area contributed by atoms with Crippen molar-refractivity contribution in [1.82, 2.24) is 25.9 Å². The van der Waals surface area contributed by atoms with Crippen LogP contribution in [0.5, 0.6) is 5.75 Å². The predicted molar refractivity (Wildman–Crippen MR) is 136 cm³/mol. The van der Waals surface area contributed by atoms with Crippen molar-refractivity contribution >= 4 is 17.6 Å². The SMILES string of the molecule is COc1cc(CNC(=O)c2cc(C3=NOC([C@H]4CC[C@H](NC(=O)NCCO)CC4)C3)nc(C)n2)ccc1F. The summed E-state index contributed by atoms with van der Waals surface area (Å²) in [6, 6.07) is 5.84. The Morgan fingerprint density at radius 2 is 1.95 bits per heavy atom. The molecule has 4 N–H and O–H groups in total. The van der Waals surface area contributed by atoms with E-state index in [9.17, 15) is 14.0 Å². The number of benzene rings is 1. The fraction of sp³-hybridized carbons (Fsp3) is 0.500. The molecular weight excluding hydrogens is 495 g/mol. The standard InChI is InChI=1S/C26H33FN6O5/c1-15-30-20(12-22(31-15)25(35)29-14-16-3-8-19(27)24(11-16)37-2)21-13-23(38-33-21)17-4-6-18(7-5-17)32-26(36)28-9-10-34/h3,8,11-12,17-18,23,34H,4-7,9-10,13-14H2,1-2H3,(H,29,35)(H2,28,32,36)/t17-,18-,23?. The summed E-state index contributed by atoms with van der Waals surface area (Å²) >= 11 is 0. The van der Waals surface area contributed by atoms with Gasteiger partial charge in [0.15, 0.2) is 11.6 Å². The van der Waals surface area contributed by atoms with Crippen molar-refractivity contribution in [1.29, 1.82) is 0 Å². The highest BCUT2D eigenvalue weighted by Crippen LogP contribution is 2.33. The maximum atomic E-state index is 13.6. The first-order valence-corrected chi connectivity index (χ1v) is 12.7. The fourth-order valence-electron chi connectivity index (χ4n) is 4.76. The zero-order chi connectivity index (χ0) is 27.1. The lowest BCUT2D eigenvalue weighted by atomic mass is 9.81. The zero-order valence-electron chi connectivity index (χ0n) is 21.5. The molecule has 2 heterocycles. The van der Waals surface area contributed by atoms with Crippen LogP contribution < -0.4 is 20.7 Å². The number of carbonyl (C=O) groups excluding carboxylic acids is 2. The van der Waals surface area contributed by atoms with Crippen molar-refractivity contribution in [3.63, 3.8) is 0 Å². The number of hydrogen-bond donors (Lipinski definition) is 4. The average molecular weight is 529 g/mol. The maximum Gasteiger partial charge on any atom is 0.315 e. The smallest absolute Gasteiger partial charge is 0.315 e. The predicted octanol–water partition coefficient (Wildman–Crippen LogP) is 2.21. The minimum absolute atomic E-state index is 0.0878. The summed E-state index contributed by atoms with van der Waals surface area (Å²) in [7, 11) is 1.39. The third kappa shape index (κ3) is 6.94. The van der Waals surface area contributed by atoms with Crippen LogP contribution in [0.3, 0.4) is 0 Å². The van der Waals surface area contributed by atoms with E-state index < -0.39 is 5.82 Å². The van der Waals surface area contributed by atoms with Gasteiger partial charge in [0.25, 0.3) is 5.91 Å². The van der Waals surface area contributed by atoms with Gasteiger partial charge in [-0.15, -0.1) is 0 Å². The van der Waals surface area contributed by atoms with Gasteiger partial charge in [-0.3, -0.25) is 4.79 Å². The number of aromatic nitrogens is 2.